The van der Waals surface area contributed by atoms with Crippen LogP contribution in [-0.2, 0) is 0 Å². The first-order valence-corrected chi connectivity index (χ1v) is 14.8. The highest BCUT2D eigenvalue weighted by molar-refractivity contribution is 4.93. The summed E-state index contributed by atoms with van der Waals surface area (Å²) in [5.74, 6) is 2.15. The summed E-state index contributed by atoms with van der Waals surface area (Å²) in [5, 5.41) is 0. The van der Waals surface area contributed by atoms with E-state index in [0.717, 1.165) is 48.1 Å². The van der Waals surface area contributed by atoms with Crippen molar-refractivity contribution in [1.29, 1.82) is 0 Å². The predicted molar refractivity (Wildman–Crippen MR) is 140 cm³/mol. The number of hydrogen-bond acceptors (Lipinski definition) is 4. The van der Waals surface area contributed by atoms with E-state index in [2.05, 4.69) is 47.8 Å². The van der Waals surface area contributed by atoms with Gasteiger partial charge in [0.05, 0.1) is 0 Å². The third kappa shape index (κ3) is 5.65. The van der Waals surface area contributed by atoms with E-state index in [1.54, 1.807) is 0 Å². The number of piperidine rings is 3. The summed E-state index contributed by atoms with van der Waals surface area (Å²) in [5.41, 5.74) is 0. The zero-order valence-corrected chi connectivity index (χ0v) is 22.4. The van der Waals surface area contributed by atoms with Gasteiger partial charge < -0.3 is 19.6 Å². The summed E-state index contributed by atoms with van der Waals surface area (Å²) in [4.78, 5) is 10.2. The lowest BCUT2D eigenvalue weighted by atomic mass is 10.0. The van der Waals surface area contributed by atoms with Gasteiger partial charge >= 0.3 is 0 Å². The van der Waals surface area contributed by atoms with Gasteiger partial charge in [0.15, 0.2) is 0 Å². The summed E-state index contributed by atoms with van der Waals surface area (Å²) in [6.45, 7) is 2.76. The minimum absolute atomic E-state index is 0.962. The molecule has 4 nitrogen and oxygen atoms in total. The quantitative estimate of drug-likeness (QED) is 0.502. The van der Waals surface area contributed by atoms with Crippen molar-refractivity contribution >= 4 is 0 Å². The van der Waals surface area contributed by atoms with Gasteiger partial charge in [-0.1, -0.05) is 6.42 Å². The highest BCUT2D eigenvalue weighted by atomic mass is 15.2. The van der Waals surface area contributed by atoms with Gasteiger partial charge in [-0.2, -0.15) is 0 Å². The van der Waals surface area contributed by atoms with Gasteiger partial charge in [0.25, 0.3) is 0 Å². The Morgan fingerprint density at radius 3 is 0.909 bits per heavy atom. The minimum atomic E-state index is 0.962. The Morgan fingerprint density at radius 1 is 0.394 bits per heavy atom. The molecule has 0 radical (unpaired) electrons. The molecule has 6 atom stereocenters. The largest absolute Gasteiger partial charge is 0.303 e. The van der Waals surface area contributed by atoms with E-state index in [9.17, 15) is 0 Å². The van der Waals surface area contributed by atoms with Crippen molar-refractivity contribution in [3.8, 4) is 0 Å². The first kappa shape index (κ1) is 24.5. The molecule has 33 heavy (non-hydrogen) atoms. The molecule has 2 aliphatic carbocycles. The molecule has 2 saturated carbocycles. The number of rotatable bonds is 0. The molecule has 4 heteroatoms. The number of nitrogens with zero attached hydrogens (tertiary/aromatic N) is 4. The second-order valence-electron chi connectivity index (χ2n) is 13.2. The normalized spacial score (nSPS) is 45.5. The maximum atomic E-state index is 2.59. The fourth-order valence-electron chi connectivity index (χ4n) is 8.89. The van der Waals surface area contributed by atoms with E-state index < -0.39 is 0 Å². The maximum absolute atomic E-state index is 2.59. The third-order valence-corrected chi connectivity index (χ3v) is 11.2. The molecule has 8 fully saturated rings. The Hall–Kier alpha value is -0.160. The van der Waals surface area contributed by atoms with E-state index in [4.69, 9.17) is 0 Å². The van der Waals surface area contributed by atoms with E-state index in [-0.39, 0.29) is 0 Å². The molecule has 0 aromatic rings. The maximum Gasteiger partial charge on any atom is 0.00963 e. The van der Waals surface area contributed by atoms with Crippen molar-refractivity contribution in [1.82, 2.24) is 19.6 Å². The molecule has 190 valence electrons. The van der Waals surface area contributed by atoms with Crippen molar-refractivity contribution in [3.05, 3.63) is 0 Å². The minimum Gasteiger partial charge on any atom is -0.303 e. The average molecular weight is 459 g/mol. The highest BCUT2D eigenvalue weighted by Gasteiger charge is 2.37. The van der Waals surface area contributed by atoms with Gasteiger partial charge in [-0.15, -0.1) is 0 Å². The zero-order chi connectivity index (χ0) is 22.9. The number of fused-ring (bicyclic) bond motifs is 8. The average Bonchev–Trinajstić information content (AvgIpc) is 3.68. The van der Waals surface area contributed by atoms with Crippen LogP contribution in [0.3, 0.4) is 0 Å². The van der Waals surface area contributed by atoms with Gasteiger partial charge in [0.2, 0.25) is 0 Å². The van der Waals surface area contributed by atoms with Crippen LogP contribution in [0.15, 0.2) is 0 Å². The molecule has 8 bridgehead atoms. The zero-order valence-electron chi connectivity index (χ0n) is 22.4. The molecule has 8 rings (SSSR count). The lowest BCUT2D eigenvalue weighted by molar-refractivity contribution is 0.179. The summed E-state index contributed by atoms with van der Waals surface area (Å²) in [7, 11) is 9.07. The van der Waals surface area contributed by atoms with Crippen molar-refractivity contribution in [2.75, 3.05) is 41.3 Å². The van der Waals surface area contributed by atoms with Gasteiger partial charge in [0.1, 0.15) is 0 Å². The highest BCUT2D eigenvalue weighted by Crippen LogP contribution is 2.37. The fraction of sp³-hybridized carbons (Fsp3) is 1.00. The molecule has 6 aliphatic heterocycles. The topological polar surface area (TPSA) is 13.0 Å². The predicted octanol–water partition coefficient (Wildman–Crippen LogP) is 5.08. The van der Waals surface area contributed by atoms with E-state index >= 15 is 0 Å². The van der Waals surface area contributed by atoms with Crippen molar-refractivity contribution in [2.24, 2.45) is 11.8 Å². The molecular weight excluding hydrogens is 404 g/mol. The smallest absolute Gasteiger partial charge is 0.00963 e. The standard InChI is InChI=1S/C8H15N.3C7H13N/c1-9-7-3-2-4-8(9)6-5-7;2*1-8-5-6-2-3-7(8)4-6;1-8-6-2-3-7(8)5-4-6/h7-8H,2-6H2,1H3;3*6-7H,2-5H2,1H3/t;6-,7+;;/m.0../s1. The van der Waals surface area contributed by atoms with Gasteiger partial charge in [-0.3, -0.25) is 0 Å². The van der Waals surface area contributed by atoms with Crippen molar-refractivity contribution in [2.45, 2.75) is 133 Å². The Morgan fingerprint density at radius 2 is 0.727 bits per heavy atom. The SMILES string of the molecule is CN1C2CCC1CC2.CN1C2CCCC1CC2.CN1CC2CCC1C2.CN1C[C@H]2CC[C@@H]1C2. The molecular formula is C29H54N4. The molecule has 0 aromatic heterocycles. The van der Waals surface area contributed by atoms with Crippen molar-refractivity contribution < 1.29 is 0 Å². The number of likely N-dealkylation sites (tertiary alicyclic amines) is 2. The van der Waals surface area contributed by atoms with Crippen LogP contribution in [0.4, 0.5) is 0 Å². The first-order chi connectivity index (χ1) is 16.0. The molecule has 6 saturated heterocycles. The summed E-state index contributed by atoms with van der Waals surface area (Å²) < 4.78 is 0. The lowest BCUT2D eigenvalue weighted by Gasteiger charge is -2.30. The van der Waals surface area contributed by atoms with Crippen LogP contribution in [-0.4, -0.2) is 97.1 Å². The van der Waals surface area contributed by atoms with Crippen LogP contribution in [0, 0.1) is 11.8 Å². The van der Waals surface area contributed by atoms with Crippen molar-refractivity contribution in [3.63, 3.8) is 0 Å². The van der Waals surface area contributed by atoms with E-state index in [1.165, 1.54) is 109 Å². The van der Waals surface area contributed by atoms with Crippen LogP contribution in [0.1, 0.15) is 96.3 Å². The first-order valence-electron chi connectivity index (χ1n) is 14.8. The molecule has 0 aromatic carbocycles. The van der Waals surface area contributed by atoms with Crippen LogP contribution in [0.5, 0.6) is 0 Å². The monoisotopic (exact) mass is 458 g/mol. The molecule has 0 amide bonds. The van der Waals surface area contributed by atoms with Gasteiger partial charge in [-0.05, 0) is 130 Å². The van der Waals surface area contributed by atoms with E-state index in [1.807, 2.05) is 0 Å². The van der Waals surface area contributed by atoms with Gasteiger partial charge in [-0.25, -0.2) is 0 Å². The Kier molecular flexibility index (Phi) is 8.06. The van der Waals surface area contributed by atoms with E-state index in [0.29, 0.717) is 0 Å². The van der Waals surface area contributed by atoms with Crippen LogP contribution in [0.2, 0.25) is 0 Å². The van der Waals surface area contributed by atoms with Crippen LogP contribution in [0.25, 0.3) is 0 Å². The molecule has 4 unspecified atom stereocenters. The number of hydrogen-bond donors (Lipinski definition) is 0. The van der Waals surface area contributed by atoms with Crippen LogP contribution >= 0.6 is 0 Å². The summed E-state index contributed by atoms with van der Waals surface area (Å²) >= 11 is 0. The van der Waals surface area contributed by atoms with Crippen LogP contribution < -0.4 is 0 Å². The Bertz CT molecular complexity index is 559. The third-order valence-electron chi connectivity index (χ3n) is 11.2. The Balaban J connectivity index is 0.0000000923. The van der Waals surface area contributed by atoms with Gasteiger partial charge in [0, 0.05) is 49.3 Å². The molecule has 6 heterocycles. The fourth-order valence-corrected chi connectivity index (χ4v) is 8.89. The lowest BCUT2D eigenvalue weighted by Crippen LogP contribution is -2.35. The summed E-state index contributed by atoms with van der Waals surface area (Å²) in [6.07, 6.45) is 22.2. The second kappa shape index (κ2) is 10.8. The summed E-state index contributed by atoms with van der Waals surface area (Å²) in [6, 6.07) is 5.81. The Labute approximate surface area is 205 Å². The molecule has 8 aliphatic rings. The molecule has 0 spiro atoms. The second-order valence-corrected chi connectivity index (χ2v) is 13.2. The molecule has 0 N–H and O–H groups in total.